The molecule has 1 aliphatic heterocycles. The molecule has 0 amide bonds. The summed E-state index contributed by atoms with van der Waals surface area (Å²) in [6.45, 7) is 3.55. The van der Waals surface area contributed by atoms with Gasteiger partial charge in [0.1, 0.15) is 12.4 Å². The number of benzene rings is 2. The van der Waals surface area contributed by atoms with E-state index in [9.17, 15) is 5.11 Å². The van der Waals surface area contributed by atoms with E-state index in [1.807, 2.05) is 31.4 Å². The smallest absolute Gasteiger partial charge is 0.138 e. The summed E-state index contributed by atoms with van der Waals surface area (Å²) in [5.41, 5.74) is 2.33. The third kappa shape index (κ3) is 7.10. The second kappa shape index (κ2) is 13.0. The molecule has 2 aliphatic rings. The number of aliphatic hydroxyl groups is 1. The molecule has 0 radical (unpaired) electrons. The Morgan fingerprint density at radius 3 is 2.42 bits per heavy atom. The highest BCUT2D eigenvalue weighted by atomic mass is 35.5. The van der Waals surface area contributed by atoms with Crippen LogP contribution >= 0.6 is 24.0 Å². The predicted molar refractivity (Wildman–Crippen MR) is 137 cm³/mol. The first-order valence-corrected chi connectivity index (χ1v) is 12.4. The number of piperidine rings is 1. The van der Waals surface area contributed by atoms with E-state index < -0.39 is 0 Å². The molecule has 3 atom stereocenters. The molecule has 1 heterocycles. The molecule has 2 fully saturated rings. The molecule has 2 aromatic rings. The van der Waals surface area contributed by atoms with Crippen molar-refractivity contribution in [3.63, 3.8) is 0 Å². The van der Waals surface area contributed by atoms with Crippen LogP contribution in [0, 0.1) is 5.92 Å². The molecule has 182 valence electrons. The van der Waals surface area contributed by atoms with E-state index in [-0.39, 0.29) is 30.3 Å². The number of halogens is 2. The first-order chi connectivity index (χ1) is 15.6. The van der Waals surface area contributed by atoms with Crippen LogP contribution in [0.25, 0.3) is 0 Å². The minimum atomic E-state index is -0.238. The van der Waals surface area contributed by atoms with Gasteiger partial charge in [0.15, 0.2) is 0 Å². The zero-order chi connectivity index (χ0) is 22.3. The largest absolute Gasteiger partial charge is 0.487 e. The van der Waals surface area contributed by atoms with Gasteiger partial charge in [-0.25, -0.2) is 0 Å². The summed E-state index contributed by atoms with van der Waals surface area (Å²) < 4.78 is 11.5. The van der Waals surface area contributed by atoms with E-state index in [0.29, 0.717) is 23.5 Å². The summed E-state index contributed by atoms with van der Waals surface area (Å²) in [6.07, 6.45) is 6.57. The monoisotopic (exact) mass is 493 g/mol. The van der Waals surface area contributed by atoms with Crippen LogP contribution in [0.3, 0.4) is 0 Å². The van der Waals surface area contributed by atoms with E-state index in [2.05, 4.69) is 29.2 Å². The Kier molecular flexibility index (Phi) is 10.3. The lowest BCUT2D eigenvalue weighted by atomic mass is 9.74. The van der Waals surface area contributed by atoms with E-state index in [1.54, 1.807) is 0 Å². The fraction of sp³-hybridized carbons (Fsp3) is 0.556. The van der Waals surface area contributed by atoms with Crippen LogP contribution in [0.15, 0.2) is 48.5 Å². The number of rotatable bonds is 8. The van der Waals surface area contributed by atoms with Crippen LogP contribution < -0.4 is 4.74 Å². The zero-order valence-electron chi connectivity index (χ0n) is 19.5. The van der Waals surface area contributed by atoms with E-state index >= 15 is 0 Å². The molecule has 4 rings (SSSR count). The molecule has 1 N–H and O–H groups in total. The Hall–Kier alpha value is -1.30. The van der Waals surface area contributed by atoms with E-state index in [1.165, 1.54) is 12.0 Å². The molecule has 0 spiro atoms. The zero-order valence-corrected chi connectivity index (χ0v) is 21.1. The molecule has 0 bridgehead atoms. The van der Waals surface area contributed by atoms with Crippen molar-refractivity contribution in [1.82, 2.24) is 4.90 Å². The normalized spacial score (nSPS) is 23.0. The maximum absolute atomic E-state index is 10.8. The van der Waals surface area contributed by atoms with Crippen LogP contribution in [0.1, 0.15) is 55.6 Å². The van der Waals surface area contributed by atoms with Crippen molar-refractivity contribution < 1.29 is 14.6 Å². The summed E-state index contributed by atoms with van der Waals surface area (Å²) in [5, 5.41) is 11.5. The quantitative estimate of drug-likeness (QED) is 0.483. The molecule has 33 heavy (non-hydrogen) atoms. The summed E-state index contributed by atoms with van der Waals surface area (Å²) >= 11 is 6.68. The molecular weight excluding hydrogens is 457 g/mol. The molecule has 2 aromatic carbocycles. The third-order valence-corrected chi connectivity index (χ3v) is 7.54. The maximum atomic E-state index is 10.8. The van der Waals surface area contributed by atoms with Gasteiger partial charge in [-0.3, -0.25) is 0 Å². The standard InChI is InChI=1S/C27H36ClNO3.ClH/c1-31-22-13-15-29(16-14-22)18-24(23-9-5-6-10-26(23)30)21-11-12-27(25(28)17-21)32-19-20-7-3-2-4-8-20;/h2-4,7-8,11-12,17,22-24,26,30H,5-6,9-10,13-16,18-19H2,1H3;1H. The van der Waals surface area contributed by atoms with Gasteiger partial charge >= 0.3 is 0 Å². The molecule has 1 saturated carbocycles. The van der Waals surface area contributed by atoms with Gasteiger partial charge in [0, 0.05) is 32.7 Å². The summed E-state index contributed by atoms with van der Waals surface area (Å²) in [5.74, 6) is 1.25. The van der Waals surface area contributed by atoms with Crippen molar-refractivity contribution in [2.24, 2.45) is 5.92 Å². The average molecular weight is 495 g/mol. The van der Waals surface area contributed by atoms with Gasteiger partial charge in [0.25, 0.3) is 0 Å². The SMILES string of the molecule is COC1CCN(CC(c2ccc(OCc3ccccc3)c(Cl)c2)C2CCCCC2O)CC1.Cl. The Morgan fingerprint density at radius 2 is 1.76 bits per heavy atom. The number of aliphatic hydroxyl groups excluding tert-OH is 1. The van der Waals surface area contributed by atoms with Crippen LogP contribution in [0.4, 0.5) is 0 Å². The average Bonchev–Trinajstić information content (AvgIpc) is 2.83. The van der Waals surface area contributed by atoms with Gasteiger partial charge in [-0.2, -0.15) is 0 Å². The molecule has 0 aromatic heterocycles. The Morgan fingerprint density at radius 1 is 1.03 bits per heavy atom. The van der Waals surface area contributed by atoms with Crippen molar-refractivity contribution in [1.29, 1.82) is 0 Å². The summed E-state index contributed by atoms with van der Waals surface area (Å²) in [6, 6.07) is 16.3. The third-order valence-electron chi connectivity index (χ3n) is 7.24. The minimum absolute atomic E-state index is 0. The lowest BCUT2D eigenvalue weighted by Crippen LogP contribution is -2.42. The highest BCUT2D eigenvalue weighted by Crippen LogP contribution is 2.39. The van der Waals surface area contributed by atoms with Crippen LogP contribution in [0.5, 0.6) is 5.75 Å². The molecule has 4 nitrogen and oxygen atoms in total. The fourth-order valence-electron chi connectivity index (χ4n) is 5.30. The maximum Gasteiger partial charge on any atom is 0.138 e. The molecule has 1 saturated heterocycles. The van der Waals surface area contributed by atoms with Crippen molar-refractivity contribution in [2.45, 2.75) is 63.3 Å². The van der Waals surface area contributed by atoms with Gasteiger partial charge in [-0.05, 0) is 54.9 Å². The topological polar surface area (TPSA) is 41.9 Å². The van der Waals surface area contributed by atoms with Gasteiger partial charge in [0.05, 0.1) is 17.2 Å². The van der Waals surface area contributed by atoms with Crippen molar-refractivity contribution in [3.8, 4) is 5.75 Å². The second-order valence-corrected chi connectivity index (χ2v) is 9.73. The Labute approximate surface area is 209 Å². The number of hydrogen-bond donors (Lipinski definition) is 1. The van der Waals surface area contributed by atoms with Crippen LogP contribution in [-0.2, 0) is 11.3 Å². The van der Waals surface area contributed by atoms with E-state index in [4.69, 9.17) is 21.1 Å². The molecule has 3 unspecified atom stereocenters. The molecule has 6 heteroatoms. The van der Waals surface area contributed by atoms with Crippen LogP contribution in [-0.4, -0.2) is 49.0 Å². The number of likely N-dealkylation sites (tertiary alicyclic amines) is 1. The highest BCUT2D eigenvalue weighted by molar-refractivity contribution is 6.32. The van der Waals surface area contributed by atoms with Crippen molar-refractivity contribution in [3.05, 3.63) is 64.7 Å². The van der Waals surface area contributed by atoms with Gasteiger partial charge < -0.3 is 19.5 Å². The minimum Gasteiger partial charge on any atom is -0.487 e. The lowest BCUT2D eigenvalue weighted by molar-refractivity contribution is 0.0212. The highest BCUT2D eigenvalue weighted by Gasteiger charge is 2.34. The van der Waals surface area contributed by atoms with E-state index in [0.717, 1.165) is 57.3 Å². The second-order valence-electron chi connectivity index (χ2n) is 9.32. The Balaban J connectivity index is 0.00000306. The molecule has 1 aliphatic carbocycles. The van der Waals surface area contributed by atoms with Crippen molar-refractivity contribution in [2.75, 3.05) is 26.7 Å². The summed E-state index contributed by atoms with van der Waals surface area (Å²) in [7, 11) is 1.81. The van der Waals surface area contributed by atoms with Crippen LogP contribution in [0.2, 0.25) is 5.02 Å². The fourth-order valence-corrected chi connectivity index (χ4v) is 5.55. The molecular formula is C27H37Cl2NO3. The number of hydrogen-bond acceptors (Lipinski definition) is 4. The van der Waals surface area contributed by atoms with Crippen molar-refractivity contribution >= 4 is 24.0 Å². The summed E-state index contributed by atoms with van der Waals surface area (Å²) in [4.78, 5) is 2.54. The van der Waals surface area contributed by atoms with Gasteiger partial charge in [0.2, 0.25) is 0 Å². The number of ether oxygens (including phenoxy) is 2. The lowest BCUT2D eigenvalue weighted by Gasteiger charge is -2.39. The first-order valence-electron chi connectivity index (χ1n) is 12.0. The Bertz CT molecular complexity index is 843. The van der Waals surface area contributed by atoms with Gasteiger partial charge in [-0.15, -0.1) is 12.4 Å². The van der Waals surface area contributed by atoms with Gasteiger partial charge in [-0.1, -0.05) is 60.8 Å². The first kappa shape index (κ1) is 26.3. The number of nitrogens with zero attached hydrogens (tertiary/aromatic N) is 1. The number of methoxy groups -OCH3 is 1. The predicted octanol–water partition coefficient (Wildman–Crippen LogP) is 6.09.